The van der Waals surface area contributed by atoms with E-state index in [-0.39, 0.29) is 17.9 Å². The Labute approximate surface area is 142 Å². The van der Waals surface area contributed by atoms with Crippen LogP contribution in [0.4, 0.5) is 0 Å². The van der Waals surface area contributed by atoms with Crippen LogP contribution < -0.4 is 4.74 Å². The molecule has 2 aromatic rings. The second-order valence-corrected chi connectivity index (χ2v) is 7.53. The predicted octanol–water partition coefficient (Wildman–Crippen LogP) is 2.84. The van der Waals surface area contributed by atoms with E-state index in [1.54, 1.807) is 0 Å². The van der Waals surface area contributed by atoms with Crippen molar-refractivity contribution in [2.45, 2.75) is 32.0 Å². The first-order valence-electron chi connectivity index (χ1n) is 8.60. The molecule has 0 unspecified atom stereocenters. The molecule has 0 aromatic heterocycles. The average molecular weight is 325 g/mol. The van der Waals surface area contributed by atoms with Gasteiger partial charge < -0.3 is 14.7 Å². The molecule has 2 aliphatic rings. The van der Waals surface area contributed by atoms with Gasteiger partial charge in [-0.1, -0.05) is 36.4 Å². The van der Waals surface area contributed by atoms with Gasteiger partial charge >= 0.3 is 0 Å². The van der Waals surface area contributed by atoms with E-state index in [4.69, 9.17) is 4.74 Å². The van der Waals surface area contributed by atoms with Crippen molar-refractivity contribution in [3.05, 3.63) is 42.5 Å². The molecule has 0 spiro atoms. The lowest BCUT2D eigenvalue weighted by Gasteiger charge is -2.34. The summed E-state index contributed by atoms with van der Waals surface area (Å²) in [6.07, 6.45) is 0.578. The second-order valence-electron chi connectivity index (χ2n) is 7.53. The van der Waals surface area contributed by atoms with E-state index in [1.807, 2.05) is 61.2 Å². The number of hydrogen-bond acceptors (Lipinski definition) is 3. The molecule has 1 saturated heterocycles. The van der Waals surface area contributed by atoms with Crippen molar-refractivity contribution in [3.63, 3.8) is 0 Å². The third kappa shape index (κ3) is 2.46. The molecule has 1 N–H and O–H groups in total. The first kappa shape index (κ1) is 15.5. The molecule has 4 nitrogen and oxygen atoms in total. The fourth-order valence-corrected chi connectivity index (χ4v) is 4.02. The van der Waals surface area contributed by atoms with Crippen LogP contribution in [0.15, 0.2) is 42.5 Å². The van der Waals surface area contributed by atoms with Gasteiger partial charge in [-0.3, -0.25) is 4.79 Å². The molecule has 1 saturated carbocycles. The van der Waals surface area contributed by atoms with Crippen LogP contribution in [0.2, 0.25) is 0 Å². The summed E-state index contributed by atoms with van der Waals surface area (Å²) >= 11 is 0. The maximum atomic E-state index is 13.0. The first-order chi connectivity index (χ1) is 11.5. The average Bonchev–Trinajstić information content (AvgIpc) is 2.91. The molecule has 0 radical (unpaired) electrons. The van der Waals surface area contributed by atoms with E-state index in [1.165, 1.54) is 0 Å². The number of likely N-dealkylation sites (tertiary alicyclic amines) is 1. The predicted molar refractivity (Wildman–Crippen MR) is 92.8 cm³/mol. The second kappa shape index (κ2) is 5.49. The van der Waals surface area contributed by atoms with Gasteiger partial charge in [0.25, 0.3) is 5.91 Å². The minimum absolute atomic E-state index is 0.00275. The Morgan fingerprint density at radius 2 is 1.92 bits per heavy atom. The number of carbonyl (C=O) groups is 1. The lowest BCUT2D eigenvalue weighted by Crippen LogP contribution is -2.48. The molecular formula is C20H23NO3. The Morgan fingerprint density at radius 3 is 2.67 bits per heavy atom. The van der Waals surface area contributed by atoms with Crippen molar-refractivity contribution < 1.29 is 14.6 Å². The fraction of sp³-hybridized carbons (Fsp3) is 0.450. The van der Waals surface area contributed by atoms with Gasteiger partial charge in [0, 0.05) is 24.4 Å². The van der Waals surface area contributed by atoms with Crippen LogP contribution in [-0.2, 0) is 4.79 Å². The number of nitrogens with zero attached hydrogens (tertiary/aromatic N) is 1. The molecule has 1 aliphatic heterocycles. The minimum Gasteiger partial charge on any atom is -0.477 e. The topological polar surface area (TPSA) is 49.8 Å². The molecule has 1 heterocycles. The first-order valence-corrected chi connectivity index (χ1v) is 8.60. The Bertz CT molecular complexity index is 780. The van der Waals surface area contributed by atoms with Gasteiger partial charge in [0.2, 0.25) is 0 Å². The Hall–Kier alpha value is -2.07. The number of hydrogen-bond donors (Lipinski definition) is 1. The monoisotopic (exact) mass is 325 g/mol. The van der Waals surface area contributed by atoms with Crippen molar-refractivity contribution in [2.24, 2.45) is 11.8 Å². The van der Waals surface area contributed by atoms with Crippen LogP contribution >= 0.6 is 0 Å². The van der Waals surface area contributed by atoms with Crippen LogP contribution in [0.1, 0.15) is 20.3 Å². The van der Waals surface area contributed by atoms with Crippen molar-refractivity contribution in [2.75, 3.05) is 13.1 Å². The highest BCUT2D eigenvalue weighted by molar-refractivity contribution is 5.90. The molecule has 2 fully saturated rings. The van der Waals surface area contributed by atoms with Crippen LogP contribution in [0.3, 0.4) is 0 Å². The fourth-order valence-electron chi connectivity index (χ4n) is 4.02. The highest BCUT2D eigenvalue weighted by Crippen LogP contribution is 2.41. The number of aliphatic hydroxyl groups is 1. The standard InChI is InChI=1S/C20H23NO3/c1-20(2,19(23)21-11-14-10-17(22)16(14)12-21)24-18-9-5-7-13-6-3-4-8-15(13)18/h3-9,14,16-17,22H,10-12H2,1-2H3/t14-,16+,17-/m1/s1. The molecule has 3 atom stereocenters. The highest BCUT2D eigenvalue weighted by atomic mass is 16.5. The Balaban J connectivity index is 1.55. The molecule has 24 heavy (non-hydrogen) atoms. The summed E-state index contributed by atoms with van der Waals surface area (Å²) in [7, 11) is 0. The lowest BCUT2D eigenvalue weighted by molar-refractivity contribution is -0.144. The van der Waals surface area contributed by atoms with Gasteiger partial charge in [0.1, 0.15) is 5.75 Å². The summed E-state index contributed by atoms with van der Waals surface area (Å²) in [6.45, 7) is 5.04. The summed E-state index contributed by atoms with van der Waals surface area (Å²) in [5.74, 6) is 1.44. The SMILES string of the molecule is CC(C)(Oc1cccc2ccccc12)C(=O)N1C[C@H]2C[C@@H](O)[C@H]2C1. The number of benzene rings is 2. The van der Waals surface area contributed by atoms with Crippen molar-refractivity contribution in [1.82, 2.24) is 4.90 Å². The summed E-state index contributed by atoms with van der Waals surface area (Å²) in [5, 5.41) is 11.9. The largest absolute Gasteiger partial charge is 0.477 e. The summed E-state index contributed by atoms with van der Waals surface area (Å²) in [6, 6.07) is 13.9. The van der Waals surface area contributed by atoms with Crippen LogP contribution in [0.25, 0.3) is 10.8 Å². The van der Waals surface area contributed by atoms with Crippen LogP contribution in [0, 0.1) is 11.8 Å². The molecule has 4 heteroatoms. The van der Waals surface area contributed by atoms with Crippen molar-refractivity contribution in [1.29, 1.82) is 0 Å². The van der Waals surface area contributed by atoms with Gasteiger partial charge in [-0.25, -0.2) is 0 Å². The Morgan fingerprint density at radius 1 is 1.17 bits per heavy atom. The van der Waals surface area contributed by atoms with Gasteiger partial charge in [-0.05, 0) is 37.6 Å². The zero-order chi connectivity index (χ0) is 16.9. The molecule has 2 aromatic carbocycles. The van der Waals surface area contributed by atoms with Gasteiger partial charge in [-0.2, -0.15) is 0 Å². The van der Waals surface area contributed by atoms with E-state index < -0.39 is 5.60 Å². The molecule has 4 rings (SSSR count). The maximum absolute atomic E-state index is 13.0. The summed E-state index contributed by atoms with van der Waals surface area (Å²) in [5.41, 5.74) is -0.932. The molecule has 126 valence electrons. The Kier molecular flexibility index (Phi) is 3.53. The van der Waals surface area contributed by atoms with Crippen LogP contribution in [0.5, 0.6) is 5.75 Å². The van der Waals surface area contributed by atoms with Gasteiger partial charge in [0.05, 0.1) is 6.10 Å². The van der Waals surface area contributed by atoms with Crippen LogP contribution in [-0.4, -0.2) is 40.7 Å². The quantitative estimate of drug-likeness (QED) is 0.944. The number of amides is 1. The summed E-state index contributed by atoms with van der Waals surface area (Å²) < 4.78 is 6.15. The summed E-state index contributed by atoms with van der Waals surface area (Å²) in [4.78, 5) is 14.8. The third-order valence-electron chi connectivity index (χ3n) is 5.45. The number of aliphatic hydroxyl groups excluding tert-OH is 1. The number of ether oxygens (including phenoxy) is 1. The zero-order valence-electron chi connectivity index (χ0n) is 14.1. The number of rotatable bonds is 3. The van der Waals surface area contributed by atoms with Gasteiger partial charge in [0.15, 0.2) is 5.60 Å². The van der Waals surface area contributed by atoms with Crippen molar-refractivity contribution >= 4 is 16.7 Å². The van der Waals surface area contributed by atoms with E-state index in [0.717, 1.165) is 29.5 Å². The molecule has 0 bridgehead atoms. The van der Waals surface area contributed by atoms with Gasteiger partial charge in [-0.15, -0.1) is 0 Å². The molecule has 1 aliphatic carbocycles. The minimum atomic E-state index is -0.932. The van der Waals surface area contributed by atoms with E-state index in [9.17, 15) is 9.90 Å². The normalized spacial score (nSPS) is 26.1. The lowest BCUT2D eigenvalue weighted by atomic mass is 9.74. The highest BCUT2D eigenvalue weighted by Gasteiger charge is 2.49. The van der Waals surface area contributed by atoms with Crippen molar-refractivity contribution in [3.8, 4) is 5.75 Å². The van der Waals surface area contributed by atoms with E-state index in [2.05, 4.69) is 0 Å². The van der Waals surface area contributed by atoms with E-state index >= 15 is 0 Å². The number of carbonyl (C=O) groups excluding carboxylic acids is 1. The zero-order valence-corrected chi connectivity index (χ0v) is 14.1. The molecular weight excluding hydrogens is 302 g/mol. The molecule has 1 amide bonds. The third-order valence-corrected chi connectivity index (χ3v) is 5.45. The smallest absolute Gasteiger partial charge is 0.266 e. The number of fused-ring (bicyclic) bond motifs is 2. The maximum Gasteiger partial charge on any atom is 0.266 e. The van der Waals surface area contributed by atoms with E-state index in [0.29, 0.717) is 12.5 Å².